The second-order valence-electron chi connectivity index (χ2n) is 7.59. The van der Waals surface area contributed by atoms with Crippen molar-refractivity contribution in [3.63, 3.8) is 0 Å². The number of carboxylic acids is 1. The van der Waals surface area contributed by atoms with Gasteiger partial charge in [-0.05, 0) is 68.7 Å². The molecule has 2 aromatic rings. The highest BCUT2D eigenvalue weighted by molar-refractivity contribution is 7.86. The molecule has 132 valence electrons. The molecule has 0 saturated carbocycles. The van der Waals surface area contributed by atoms with E-state index < -0.39 is 21.5 Å². The minimum atomic E-state index is -1.38. The normalized spacial score (nSPS) is 15.5. The Bertz CT molecular complexity index is 829. The van der Waals surface area contributed by atoms with Gasteiger partial charge in [0.15, 0.2) is 0 Å². The van der Waals surface area contributed by atoms with Gasteiger partial charge in [0.05, 0.1) is 21.3 Å². The van der Waals surface area contributed by atoms with E-state index in [1.54, 1.807) is 0 Å². The smallest absolute Gasteiger partial charge is 0.337 e. The van der Waals surface area contributed by atoms with Gasteiger partial charge in [0.2, 0.25) is 0 Å². The lowest BCUT2D eigenvalue weighted by Crippen LogP contribution is -2.25. The third-order valence-corrected chi connectivity index (χ3v) is 6.62. The van der Waals surface area contributed by atoms with Crippen LogP contribution in [0.15, 0.2) is 41.3 Å². The number of carboxylic acid groups (broad SMARTS) is 1. The topological polar surface area (TPSA) is 54.4 Å². The molecule has 0 aliphatic heterocycles. The van der Waals surface area contributed by atoms with Gasteiger partial charge < -0.3 is 5.11 Å². The lowest BCUT2D eigenvalue weighted by molar-refractivity contribution is 0.0691. The molecule has 4 bridgehead atoms. The van der Waals surface area contributed by atoms with Crippen molar-refractivity contribution < 1.29 is 14.1 Å². The van der Waals surface area contributed by atoms with Crippen molar-refractivity contribution in [3.8, 4) is 0 Å². The number of hydrogen-bond donors (Lipinski definition) is 1. The van der Waals surface area contributed by atoms with Crippen LogP contribution in [0.1, 0.15) is 53.4 Å². The number of aryl methyl sites for hydroxylation is 4. The van der Waals surface area contributed by atoms with E-state index in [0.717, 1.165) is 24.0 Å². The van der Waals surface area contributed by atoms with Crippen LogP contribution in [0.25, 0.3) is 0 Å². The zero-order chi connectivity index (χ0) is 18.2. The molecule has 0 fully saturated rings. The monoisotopic (exact) mass is 356 g/mol. The Kier molecular flexibility index (Phi) is 4.83. The molecule has 0 radical (unpaired) electrons. The fraction of sp³-hybridized carbons (Fsp3) is 0.381. The van der Waals surface area contributed by atoms with Gasteiger partial charge >= 0.3 is 5.97 Å². The molecule has 1 atom stereocenters. The average molecular weight is 356 g/mol. The van der Waals surface area contributed by atoms with E-state index >= 15 is 0 Å². The molecule has 4 aliphatic rings. The van der Waals surface area contributed by atoms with Crippen LogP contribution in [0, 0.1) is 0 Å². The quantitative estimate of drug-likeness (QED) is 0.878. The van der Waals surface area contributed by atoms with Gasteiger partial charge in [0.1, 0.15) is 0 Å². The molecule has 6 rings (SSSR count). The van der Waals surface area contributed by atoms with E-state index in [1.165, 1.54) is 11.1 Å². The van der Waals surface area contributed by atoms with Gasteiger partial charge in [0, 0.05) is 4.75 Å². The van der Waals surface area contributed by atoms with Crippen LogP contribution < -0.4 is 0 Å². The molecule has 1 N–H and O–H groups in total. The van der Waals surface area contributed by atoms with Crippen molar-refractivity contribution in [3.05, 3.63) is 64.2 Å². The highest BCUT2D eigenvalue weighted by Gasteiger charge is 2.30. The maximum atomic E-state index is 13.2. The Hall–Kier alpha value is -1.94. The predicted octanol–water partition coefficient (Wildman–Crippen LogP) is 4.17. The number of aromatic carboxylic acids is 1. The zero-order valence-corrected chi connectivity index (χ0v) is 15.8. The molecule has 0 heterocycles. The minimum Gasteiger partial charge on any atom is -0.478 e. The molecule has 25 heavy (non-hydrogen) atoms. The first-order valence-corrected chi connectivity index (χ1v) is 9.80. The summed E-state index contributed by atoms with van der Waals surface area (Å²) in [7, 11) is -1.38. The summed E-state index contributed by atoms with van der Waals surface area (Å²) in [6.45, 7) is 5.69. The Morgan fingerprint density at radius 1 is 0.880 bits per heavy atom. The standard InChI is InChI=1S/C21H24O3S/c1-21(2,3)25(24)19-17-11-9-15-6-4-14(5-7-15)8-10-16(12-13-17)18(19)20(22)23/h4-7,12-13H,8-11H2,1-3H3,(H,22,23). The summed E-state index contributed by atoms with van der Waals surface area (Å²) in [5.41, 5.74) is 4.33. The zero-order valence-electron chi connectivity index (χ0n) is 15.0. The molecule has 3 nitrogen and oxygen atoms in total. The van der Waals surface area contributed by atoms with Crippen molar-refractivity contribution in [2.45, 2.75) is 56.1 Å². The average Bonchev–Trinajstić information content (AvgIpc) is 2.55. The van der Waals surface area contributed by atoms with Crippen molar-refractivity contribution in [1.82, 2.24) is 0 Å². The lowest BCUT2D eigenvalue weighted by Gasteiger charge is -2.24. The molecule has 4 aliphatic carbocycles. The molecular weight excluding hydrogens is 332 g/mol. The van der Waals surface area contributed by atoms with Crippen LogP contribution in [0.5, 0.6) is 0 Å². The maximum Gasteiger partial charge on any atom is 0.337 e. The third-order valence-electron chi connectivity index (χ3n) is 4.67. The van der Waals surface area contributed by atoms with Gasteiger partial charge in [-0.15, -0.1) is 0 Å². The predicted molar refractivity (Wildman–Crippen MR) is 101 cm³/mol. The Labute approximate surface area is 151 Å². The van der Waals surface area contributed by atoms with E-state index in [9.17, 15) is 14.1 Å². The highest BCUT2D eigenvalue weighted by atomic mass is 32.2. The van der Waals surface area contributed by atoms with Gasteiger partial charge in [-0.25, -0.2) is 4.79 Å². The van der Waals surface area contributed by atoms with Gasteiger partial charge in [0.25, 0.3) is 0 Å². The Balaban J connectivity index is 2.20. The van der Waals surface area contributed by atoms with E-state index in [2.05, 4.69) is 24.3 Å². The van der Waals surface area contributed by atoms with Crippen LogP contribution in [0.4, 0.5) is 0 Å². The van der Waals surface area contributed by atoms with Crippen molar-refractivity contribution in [1.29, 1.82) is 0 Å². The fourth-order valence-electron chi connectivity index (χ4n) is 3.25. The Morgan fingerprint density at radius 2 is 1.36 bits per heavy atom. The van der Waals surface area contributed by atoms with Crippen LogP contribution in [0.2, 0.25) is 0 Å². The molecule has 0 spiro atoms. The third kappa shape index (κ3) is 3.69. The highest BCUT2D eigenvalue weighted by Crippen LogP contribution is 2.31. The summed E-state index contributed by atoms with van der Waals surface area (Å²) in [6, 6.07) is 12.4. The Morgan fingerprint density at radius 3 is 1.84 bits per heavy atom. The largest absolute Gasteiger partial charge is 0.478 e. The summed E-state index contributed by atoms with van der Waals surface area (Å²) in [5, 5.41) is 9.88. The van der Waals surface area contributed by atoms with Gasteiger partial charge in [-0.1, -0.05) is 36.4 Å². The molecule has 2 aromatic carbocycles. The van der Waals surface area contributed by atoms with Crippen LogP contribution >= 0.6 is 0 Å². The first-order valence-electron chi connectivity index (χ1n) is 8.65. The minimum absolute atomic E-state index is 0.251. The number of hydrogen-bond acceptors (Lipinski definition) is 2. The first-order chi connectivity index (χ1) is 11.8. The summed E-state index contributed by atoms with van der Waals surface area (Å²) < 4.78 is 12.7. The van der Waals surface area contributed by atoms with Crippen LogP contribution in [-0.2, 0) is 36.5 Å². The summed E-state index contributed by atoms with van der Waals surface area (Å²) >= 11 is 0. The lowest BCUT2D eigenvalue weighted by atomic mass is 9.93. The number of carbonyl (C=O) groups is 1. The summed E-state index contributed by atoms with van der Waals surface area (Å²) in [4.78, 5) is 12.6. The van der Waals surface area contributed by atoms with Crippen LogP contribution in [-0.4, -0.2) is 20.0 Å². The van der Waals surface area contributed by atoms with Crippen molar-refractivity contribution in [2.75, 3.05) is 0 Å². The molecule has 4 heteroatoms. The maximum absolute atomic E-state index is 13.2. The molecule has 0 saturated heterocycles. The van der Waals surface area contributed by atoms with E-state index in [1.807, 2.05) is 32.9 Å². The molecule has 0 amide bonds. The first kappa shape index (κ1) is 17.9. The fourth-order valence-corrected chi connectivity index (χ4v) is 4.68. The van der Waals surface area contributed by atoms with E-state index in [4.69, 9.17) is 0 Å². The van der Waals surface area contributed by atoms with Crippen molar-refractivity contribution in [2.24, 2.45) is 0 Å². The SMILES string of the molecule is CC(C)(C)S(=O)c1c2ccc(c1C(=O)O)CCc1ccc(cc1)CC2. The second kappa shape index (κ2) is 6.75. The number of rotatable bonds is 2. The van der Waals surface area contributed by atoms with E-state index in [0.29, 0.717) is 17.7 Å². The van der Waals surface area contributed by atoms with E-state index in [-0.39, 0.29) is 5.56 Å². The number of benzene rings is 2. The molecule has 1 unspecified atom stereocenters. The molecular formula is C21H24O3S. The van der Waals surface area contributed by atoms with Crippen molar-refractivity contribution >= 4 is 16.8 Å². The van der Waals surface area contributed by atoms with Gasteiger partial charge in [-0.2, -0.15) is 0 Å². The second-order valence-corrected chi connectivity index (χ2v) is 9.76. The van der Waals surface area contributed by atoms with Crippen LogP contribution in [0.3, 0.4) is 0 Å². The molecule has 0 aromatic heterocycles. The van der Waals surface area contributed by atoms with Gasteiger partial charge in [-0.3, -0.25) is 4.21 Å². The summed E-state index contributed by atoms with van der Waals surface area (Å²) in [5.74, 6) is -0.976. The summed E-state index contributed by atoms with van der Waals surface area (Å²) in [6.07, 6.45) is 2.92.